The lowest BCUT2D eigenvalue weighted by atomic mass is 9.90. The Hall–Kier alpha value is -2.09. The molecular formula is C25H34O2. The molecule has 1 aromatic carbocycles. The third-order valence-corrected chi connectivity index (χ3v) is 4.89. The van der Waals surface area contributed by atoms with Crippen molar-refractivity contribution in [3.8, 4) is 0 Å². The molecule has 0 aliphatic heterocycles. The van der Waals surface area contributed by atoms with E-state index in [4.69, 9.17) is 4.42 Å². The maximum atomic E-state index is 11.6. The fourth-order valence-electron chi connectivity index (χ4n) is 3.51. The Bertz CT molecular complexity index is 763. The van der Waals surface area contributed by atoms with E-state index in [9.17, 15) is 4.79 Å². The van der Waals surface area contributed by atoms with Crippen molar-refractivity contribution in [1.82, 2.24) is 0 Å². The molecule has 0 saturated carbocycles. The van der Waals surface area contributed by atoms with E-state index in [-0.39, 0.29) is 5.78 Å². The summed E-state index contributed by atoms with van der Waals surface area (Å²) >= 11 is 0. The number of hydrogen-bond acceptors (Lipinski definition) is 2. The van der Waals surface area contributed by atoms with Crippen molar-refractivity contribution < 1.29 is 9.21 Å². The summed E-state index contributed by atoms with van der Waals surface area (Å²) in [6, 6.07) is 10.6. The summed E-state index contributed by atoms with van der Waals surface area (Å²) in [5.41, 5.74) is 3.76. The number of benzene rings is 1. The van der Waals surface area contributed by atoms with Crippen molar-refractivity contribution in [3.05, 3.63) is 64.6 Å². The smallest absolute Gasteiger partial charge is 0.152 e. The molecule has 0 amide bonds. The minimum Gasteiger partial charge on any atom is -0.465 e. The van der Waals surface area contributed by atoms with Crippen LogP contribution in [0.4, 0.5) is 0 Å². The van der Waals surface area contributed by atoms with Crippen molar-refractivity contribution in [2.75, 3.05) is 0 Å². The van der Waals surface area contributed by atoms with Crippen molar-refractivity contribution >= 4 is 11.9 Å². The minimum atomic E-state index is 0.0701. The number of hydrogen-bond donors (Lipinski definition) is 0. The molecule has 146 valence electrons. The van der Waals surface area contributed by atoms with Gasteiger partial charge in [-0.15, -0.1) is 0 Å². The Morgan fingerprint density at radius 3 is 2.26 bits per heavy atom. The Morgan fingerprint density at radius 1 is 1.04 bits per heavy atom. The van der Waals surface area contributed by atoms with E-state index in [1.165, 1.54) is 11.1 Å². The first-order valence-electron chi connectivity index (χ1n) is 10.2. The minimum absolute atomic E-state index is 0.0701. The molecule has 0 spiro atoms. The summed E-state index contributed by atoms with van der Waals surface area (Å²) in [6.45, 7) is 12.7. The van der Waals surface area contributed by atoms with E-state index in [0.29, 0.717) is 17.8 Å². The predicted molar refractivity (Wildman–Crippen MR) is 114 cm³/mol. The van der Waals surface area contributed by atoms with E-state index < -0.39 is 0 Å². The average molecular weight is 367 g/mol. The highest BCUT2D eigenvalue weighted by Gasteiger charge is 2.24. The summed E-state index contributed by atoms with van der Waals surface area (Å²) in [4.78, 5) is 11.6. The number of carbonyl (C=O) groups excluding carboxylic acids is 1. The van der Waals surface area contributed by atoms with E-state index in [1.54, 1.807) is 13.0 Å². The number of allylic oxidation sites excluding steroid dienone is 1. The fourth-order valence-corrected chi connectivity index (χ4v) is 3.51. The molecule has 2 rings (SSSR count). The third kappa shape index (κ3) is 5.95. The van der Waals surface area contributed by atoms with Gasteiger partial charge in [0.15, 0.2) is 5.78 Å². The van der Waals surface area contributed by atoms with Gasteiger partial charge in [-0.25, -0.2) is 0 Å². The van der Waals surface area contributed by atoms with E-state index in [0.717, 1.165) is 36.3 Å². The van der Waals surface area contributed by atoms with Crippen LogP contribution in [0.25, 0.3) is 6.08 Å². The molecule has 0 radical (unpaired) electrons. The first kappa shape index (κ1) is 21.2. The van der Waals surface area contributed by atoms with E-state index >= 15 is 0 Å². The van der Waals surface area contributed by atoms with Crippen LogP contribution in [0.3, 0.4) is 0 Å². The normalized spacial score (nSPS) is 13.0. The van der Waals surface area contributed by atoms with Gasteiger partial charge in [0, 0.05) is 23.0 Å². The average Bonchev–Trinajstić information content (AvgIpc) is 2.96. The molecule has 0 N–H and O–H groups in total. The van der Waals surface area contributed by atoms with Crippen LogP contribution in [-0.4, -0.2) is 5.78 Å². The summed E-state index contributed by atoms with van der Waals surface area (Å²) in [5, 5.41) is 0. The van der Waals surface area contributed by atoms with Crippen molar-refractivity contribution in [3.63, 3.8) is 0 Å². The highest BCUT2D eigenvalue weighted by atomic mass is 16.3. The lowest BCUT2D eigenvalue weighted by Gasteiger charge is -2.11. The molecule has 27 heavy (non-hydrogen) atoms. The molecule has 0 bridgehead atoms. The summed E-state index contributed by atoms with van der Waals surface area (Å²) in [6.07, 6.45) is 6.67. The Morgan fingerprint density at radius 2 is 1.70 bits per heavy atom. The molecule has 1 heterocycles. The largest absolute Gasteiger partial charge is 0.465 e. The van der Waals surface area contributed by atoms with Crippen LogP contribution in [0.1, 0.15) is 88.0 Å². The summed E-state index contributed by atoms with van der Waals surface area (Å²) in [7, 11) is 0. The lowest BCUT2D eigenvalue weighted by molar-refractivity contribution is -0.112. The molecule has 1 atom stereocenters. The van der Waals surface area contributed by atoms with Gasteiger partial charge in [-0.2, -0.15) is 0 Å². The fraction of sp³-hybridized carbons (Fsp3) is 0.480. The zero-order chi connectivity index (χ0) is 20.0. The number of aryl methyl sites for hydroxylation is 1. The van der Waals surface area contributed by atoms with Crippen LogP contribution >= 0.6 is 0 Å². The van der Waals surface area contributed by atoms with Gasteiger partial charge in [0.25, 0.3) is 0 Å². The molecule has 0 fully saturated rings. The first-order valence-corrected chi connectivity index (χ1v) is 10.2. The van der Waals surface area contributed by atoms with Gasteiger partial charge in [-0.3, -0.25) is 4.79 Å². The summed E-state index contributed by atoms with van der Waals surface area (Å²) < 4.78 is 6.43. The topological polar surface area (TPSA) is 30.2 Å². The van der Waals surface area contributed by atoms with Crippen LogP contribution in [0.2, 0.25) is 0 Å². The van der Waals surface area contributed by atoms with Crippen LogP contribution in [0, 0.1) is 5.92 Å². The van der Waals surface area contributed by atoms with Crippen LogP contribution < -0.4 is 0 Å². The van der Waals surface area contributed by atoms with Crippen LogP contribution in [0.5, 0.6) is 0 Å². The second kappa shape index (κ2) is 9.73. The molecular weight excluding hydrogens is 332 g/mol. The van der Waals surface area contributed by atoms with Crippen LogP contribution in [-0.2, 0) is 17.6 Å². The van der Waals surface area contributed by atoms with Gasteiger partial charge in [-0.05, 0) is 49.8 Å². The zero-order valence-electron chi connectivity index (χ0n) is 17.7. The molecule has 0 aliphatic carbocycles. The molecule has 2 heteroatoms. The number of rotatable bonds is 9. The summed E-state index contributed by atoms with van der Waals surface area (Å²) in [5.74, 6) is 3.35. The monoisotopic (exact) mass is 366 g/mol. The second-order valence-electron chi connectivity index (χ2n) is 8.34. The Balaban J connectivity index is 2.38. The number of furan rings is 1. The number of ketones is 1. The van der Waals surface area contributed by atoms with Gasteiger partial charge >= 0.3 is 0 Å². The third-order valence-electron chi connectivity index (χ3n) is 4.89. The molecule has 1 unspecified atom stereocenters. The van der Waals surface area contributed by atoms with Crippen molar-refractivity contribution in [2.45, 2.75) is 72.6 Å². The Labute approximate surface area is 164 Å². The lowest BCUT2D eigenvalue weighted by Crippen LogP contribution is -2.01. The standard InChI is InChI=1S/C25H34O2/c1-17(2)16-23-22(15-13-20(6)26)25(27-24(23)18(3)4)19(5)12-14-21-10-8-7-9-11-21/h7-11,13,15,17-19H,12,14,16H2,1-6H3/b15-13+. The maximum absolute atomic E-state index is 11.6. The zero-order valence-corrected chi connectivity index (χ0v) is 17.7. The first-order chi connectivity index (χ1) is 12.8. The Kier molecular flexibility index (Phi) is 7.65. The predicted octanol–water partition coefficient (Wildman–Crippen LogP) is 6.94. The van der Waals surface area contributed by atoms with Gasteiger partial charge in [0.2, 0.25) is 0 Å². The van der Waals surface area contributed by atoms with Crippen LogP contribution in [0.15, 0.2) is 40.8 Å². The van der Waals surface area contributed by atoms with Gasteiger partial charge in [0.1, 0.15) is 11.5 Å². The number of carbonyl (C=O) groups is 1. The molecule has 0 saturated heterocycles. The quantitative estimate of drug-likeness (QED) is 0.450. The molecule has 2 aromatic rings. The van der Waals surface area contributed by atoms with Gasteiger partial charge < -0.3 is 4.42 Å². The highest BCUT2D eigenvalue weighted by Crippen LogP contribution is 2.37. The van der Waals surface area contributed by atoms with E-state index in [2.05, 4.69) is 65.0 Å². The van der Waals surface area contributed by atoms with Crippen molar-refractivity contribution in [2.24, 2.45) is 5.92 Å². The van der Waals surface area contributed by atoms with Crippen molar-refractivity contribution in [1.29, 1.82) is 0 Å². The second-order valence-corrected chi connectivity index (χ2v) is 8.34. The van der Waals surface area contributed by atoms with Gasteiger partial charge in [-0.1, -0.05) is 65.0 Å². The maximum Gasteiger partial charge on any atom is 0.152 e. The van der Waals surface area contributed by atoms with Gasteiger partial charge in [0.05, 0.1) is 0 Å². The highest BCUT2D eigenvalue weighted by molar-refractivity contribution is 5.92. The SMILES string of the molecule is CC(=O)/C=C/c1c(C(C)CCc2ccccc2)oc(C(C)C)c1CC(C)C. The molecule has 0 aliphatic rings. The van der Waals surface area contributed by atoms with E-state index in [1.807, 2.05) is 6.08 Å². The molecule has 1 aromatic heterocycles. The molecule has 2 nitrogen and oxygen atoms in total.